The maximum Gasteiger partial charge on any atom is 0.107 e. The Hall–Kier alpha value is 0.0600. The molecule has 0 aliphatic rings. The fourth-order valence-corrected chi connectivity index (χ4v) is 0.0866. The maximum atomic E-state index is 7.92. The molecular formula is C3H2BrNS. The first-order chi connectivity index (χ1) is 2.81. The number of nitrogens with zero attached hydrogens (tertiary/aromatic N) is 1. The van der Waals surface area contributed by atoms with Crippen LogP contribution in [0.15, 0.2) is 9.89 Å². The van der Waals surface area contributed by atoms with Crippen LogP contribution < -0.4 is 0 Å². The summed E-state index contributed by atoms with van der Waals surface area (Å²) in [6.07, 6.45) is 0. The van der Waals surface area contributed by atoms with Crippen molar-refractivity contribution in [2.75, 3.05) is 0 Å². The van der Waals surface area contributed by atoms with Crippen molar-refractivity contribution in [1.29, 1.82) is 5.26 Å². The van der Waals surface area contributed by atoms with Crippen LogP contribution in [0.1, 0.15) is 0 Å². The molecule has 0 aromatic rings. The lowest BCUT2D eigenvalue weighted by Gasteiger charge is -1.66. The lowest BCUT2D eigenvalue weighted by Crippen LogP contribution is -1.49. The van der Waals surface area contributed by atoms with E-state index in [9.17, 15) is 0 Å². The Morgan fingerprint density at radius 1 is 2.00 bits per heavy atom. The van der Waals surface area contributed by atoms with Gasteiger partial charge in [0.25, 0.3) is 0 Å². The highest BCUT2D eigenvalue weighted by Crippen LogP contribution is 2.01. The molecule has 0 saturated carbocycles. The topological polar surface area (TPSA) is 23.8 Å². The molecular weight excluding hydrogens is 162 g/mol. The normalized spacial score (nSPS) is 10.5. The third-order valence-electron chi connectivity index (χ3n) is 0.220. The van der Waals surface area contributed by atoms with E-state index in [2.05, 4.69) is 28.6 Å². The molecule has 32 valence electrons. The third-order valence-corrected chi connectivity index (χ3v) is 1.24. The molecule has 0 radical (unpaired) electrons. The molecule has 0 aliphatic heterocycles. The third kappa shape index (κ3) is 2.31. The van der Waals surface area contributed by atoms with Gasteiger partial charge in [0.1, 0.15) is 10.6 Å². The van der Waals surface area contributed by atoms with Crippen LogP contribution >= 0.6 is 28.6 Å². The summed E-state index contributed by atoms with van der Waals surface area (Å²) in [5.74, 6) is 0. The summed E-state index contributed by atoms with van der Waals surface area (Å²) in [5, 5.41) is 9.31. The minimum absolute atomic E-state index is 0.450. The smallest absolute Gasteiger partial charge is 0.107 e. The fourth-order valence-electron chi connectivity index (χ4n) is 0.0289. The lowest BCUT2D eigenvalue weighted by molar-refractivity contribution is 1.53. The lowest BCUT2D eigenvalue weighted by atomic mass is 10.7. The second kappa shape index (κ2) is 3.26. The van der Waals surface area contributed by atoms with E-state index < -0.39 is 0 Å². The molecule has 0 N–H and O–H groups in total. The number of halogens is 1. The molecule has 0 aromatic carbocycles. The van der Waals surface area contributed by atoms with Crippen molar-refractivity contribution >= 4 is 28.6 Å². The highest BCUT2D eigenvalue weighted by Gasteiger charge is 1.75. The van der Waals surface area contributed by atoms with Crippen LogP contribution in [0, 0.1) is 11.3 Å². The molecule has 6 heavy (non-hydrogen) atoms. The van der Waals surface area contributed by atoms with Crippen molar-refractivity contribution in [3.63, 3.8) is 0 Å². The van der Waals surface area contributed by atoms with Crippen LogP contribution in [-0.2, 0) is 0 Å². The molecule has 0 atom stereocenters. The summed E-state index contributed by atoms with van der Waals surface area (Å²) >= 11 is 6.56. The molecule has 0 saturated heterocycles. The van der Waals surface area contributed by atoms with Crippen molar-refractivity contribution in [3.05, 3.63) is 9.89 Å². The van der Waals surface area contributed by atoms with Crippen molar-refractivity contribution in [2.24, 2.45) is 0 Å². The number of hydrogen-bond donors (Lipinski definition) is 1. The van der Waals surface area contributed by atoms with Crippen LogP contribution in [0.25, 0.3) is 0 Å². The van der Waals surface area contributed by atoms with Crippen LogP contribution in [0.5, 0.6) is 0 Å². The second-order valence-corrected chi connectivity index (χ2v) is 1.70. The first-order valence-electron chi connectivity index (χ1n) is 1.21. The summed E-state index contributed by atoms with van der Waals surface area (Å²) in [7, 11) is 0. The quantitative estimate of drug-likeness (QED) is 0.427. The van der Waals surface area contributed by atoms with Gasteiger partial charge < -0.3 is 0 Å². The molecule has 0 fully saturated rings. The number of rotatable bonds is 0. The summed E-state index contributed by atoms with van der Waals surface area (Å²) in [4.78, 5) is 0. The van der Waals surface area contributed by atoms with Gasteiger partial charge in [-0.3, -0.25) is 0 Å². The first kappa shape index (κ1) is 6.06. The highest BCUT2D eigenvalue weighted by molar-refractivity contribution is 9.12. The molecule has 0 heterocycles. The van der Waals surface area contributed by atoms with E-state index in [1.54, 1.807) is 0 Å². The highest BCUT2D eigenvalue weighted by atomic mass is 79.9. The molecule has 3 heteroatoms. The van der Waals surface area contributed by atoms with E-state index >= 15 is 0 Å². The molecule has 0 aromatic heterocycles. The molecule has 1 nitrogen and oxygen atoms in total. The van der Waals surface area contributed by atoms with E-state index in [1.165, 1.54) is 5.41 Å². The Morgan fingerprint density at radius 3 is 2.50 bits per heavy atom. The van der Waals surface area contributed by atoms with Gasteiger partial charge in [0, 0.05) is 0 Å². The maximum absolute atomic E-state index is 7.92. The van der Waals surface area contributed by atoms with Crippen LogP contribution in [0.3, 0.4) is 0 Å². The summed E-state index contributed by atoms with van der Waals surface area (Å²) < 4.78 is 0.450. The average Bonchev–Trinajstić information content (AvgIpc) is 1.65. The van der Waals surface area contributed by atoms with Gasteiger partial charge in [-0.25, -0.2) is 0 Å². The monoisotopic (exact) mass is 163 g/mol. The van der Waals surface area contributed by atoms with E-state index in [-0.39, 0.29) is 0 Å². The van der Waals surface area contributed by atoms with Gasteiger partial charge in [-0.2, -0.15) is 5.26 Å². The summed E-state index contributed by atoms with van der Waals surface area (Å²) in [5.41, 5.74) is 0. The molecule has 0 rings (SSSR count). The zero-order chi connectivity index (χ0) is 4.99. The zero-order valence-electron chi connectivity index (χ0n) is 2.85. The summed E-state index contributed by atoms with van der Waals surface area (Å²) in [6, 6.07) is 1.82. The molecule has 0 bridgehead atoms. The Balaban J connectivity index is 3.61. The zero-order valence-corrected chi connectivity index (χ0v) is 5.33. The van der Waals surface area contributed by atoms with Crippen molar-refractivity contribution in [1.82, 2.24) is 0 Å². The van der Waals surface area contributed by atoms with E-state index in [4.69, 9.17) is 5.26 Å². The first-order valence-corrected chi connectivity index (χ1v) is 2.52. The van der Waals surface area contributed by atoms with E-state index in [1.807, 2.05) is 6.07 Å². The van der Waals surface area contributed by atoms with E-state index in [0.29, 0.717) is 4.48 Å². The van der Waals surface area contributed by atoms with Gasteiger partial charge >= 0.3 is 0 Å². The number of thiol groups is 1. The van der Waals surface area contributed by atoms with Crippen molar-refractivity contribution < 1.29 is 0 Å². The Morgan fingerprint density at radius 2 is 2.50 bits per heavy atom. The van der Waals surface area contributed by atoms with Gasteiger partial charge in [0.05, 0.1) is 0 Å². The average molecular weight is 164 g/mol. The Kier molecular flexibility index (Phi) is 3.29. The van der Waals surface area contributed by atoms with Gasteiger partial charge in [-0.15, -0.1) is 12.6 Å². The predicted molar refractivity (Wildman–Crippen MR) is 31.6 cm³/mol. The number of allylic oxidation sites excluding steroid dienone is 1. The second-order valence-electron chi connectivity index (χ2n) is 0.589. The van der Waals surface area contributed by atoms with Gasteiger partial charge in [-0.1, -0.05) is 0 Å². The Bertz CT molecular complexity index is 102. The minimum atomic E-state index is 0.450. The molecule has 0 unspecified atom stereocenters. The number of hydrogen-bond acceptors (Lipinski definition) is 2. The van der Waals surface area contributed by atoms with Crippen molar-refractivity contribution in [3.8, 4) is 6.07 Å². The van der Waals surface area contributed by atoms with Crippen molar-refractivity contribution in [2.45, 2.75) is 0 Å². The SMILES string of the molecule is N#C/C(Br)=C\S. The molecule has 0 amide bonds. The van der Waals surface area contributed by atoms with Gasteiger partial charge in [0.2, 0.25) is 0 Å². The Labute approximate surface area is 50.2 Å². The van der Waals surface area contributed by atoms with Crippen LogP contribution in [-0.4, -0.2) is 0 Å². The molecule has 0 spiro atoms. The largest absolute Gasteiger partial charge is 0.192 e. The number of nitriles is 1. The van der Waals surface area contributed by atoms with Gasteiger partial charge in [0.15, 0.2) is 0 Å². The van der Waals surface area contributed by atoms with Crippen LogP contribution in [0.4, 0.5) is 0 Å². The minimum Gasteiger partial charge on any atom is -0.192 e. The fraction of sp³-hybridized carbons (Fsp3) is 0. The predicted octanol–water partition coefficient (Wildman–Crippen LogP) is 1.68. The van der Waals surface area contributed by atoms with Crippen LogP contribution in [0.2, 0.25) is 0 Å². The molecule has 0 aliphatic carbocycles. The van der Waals surface area contributed by atoms with E-state index in [0.717, 1.165) is 0 Å². The standard InChI is InChI=1S/C3H2BrNS/c4-3(1-5)2-6/h2,6H/b3-2+. The summed E-state index contributed by atoms with van der Waals surface area (Å²) in [6.45, 7) is 0. The van der Waals surface area contributed by atoms with Gasteiger partial charge in [-0.05, 0) is 21.3 Å².